The molecule has 0 radical (unpaired) electrons. The van der Waals surface area contributed by atoms with Gasteiger partial charge in [0.25, 0.3) is 0 Å². The van der Waals surface area contributed by atoms with Crippen molar-refractivity contribution in [3.63, 3.8) is 0 Å². The van der Waals surface area contributed by atoms with Crippen LogP contribution in [0.25, 0.3) is 0 Å². The van der Waals surface area contributed by atoms with E-state index in [4.69, 9.17) is 20.9 Å². The third-order valence-corrected chi connectivity index (χ3v) is 6.95. The van der Waals surface area contributed by atoms with Gasteiger partial charge in [-0.3, -0.25) is 14.4 Å². The Kier molecular flexibility index (Phi) is 10.3. The van der Waals surface area contributed by atoms with E-state index in [1.807, 2.05) is 36.4 Å². The Balaban J connectivity index is 1.58. The third-order valence-electron chi connectivity index (χ3n) is 6.95. The molecule has 6 N–H and O–H groups in total. The lowest BCUT2D eigenvalue weighted by Crippen LogP contribution is -2.49. The summed E-state index contributed by atoms with van der Waals surface area (Å²) in [5, 5.41) is 5.90. The van der Waals surface area contributed by atoms with Crippen molar-refractivity contribution in [1.29, 1.82) is 0 Å². The van der Waals surface area contributed by atoms with Crippen molar-refractivity contribution in [1.82, 2.24) is 15.6 Å². The second kappa shape index (κ2) is 14.5. The van der Waals surface area contributed by atoms with Crippen molar-refractivity contribution in [3.8, 4) is 11.5 Å². The summed E-state index contributed by atoms with van der Waals surface area (Å²) in [4.78, 5) is 42.8. The van der Waals surface area contributed by atoms with Crippen LogP contribution in [0.2, 0.25) is 0 Å². The van der Waals surface area contributed by atoms with Gasteiger partial charge in [-0.05, 0) is 58.1 Å². The van der Waals surface area contributed by atoms with Crippen LogP contribution in [0.1, 0.15) is 33.7 Å². The average Bonchev–Trinajstić information content (AvgIpc) is 3.02. The number of hydrogen-bond acceptors (Lipinski definition) is 7. The summed E-state index contributed by atoms with van der Waals surface area (Å²) >= 11 is 0. The molecule has 1 atom stereocenters. The van der Waals surface area contributed by atoms with Crippen LogP contribution in [0.5, 0.6) is 11.5 Å². The van der Waals surface area contributed by atoms with Gasteiger partial charge < -0.3 is 31.6 Å². The summed E-state index contributed by atoms with van der Waals surface area (Å²) in [6, 6.07) is 24.2. The molecule has 0 fully saturated rings. The quantitative estimate of drug-likeness (QED) is 0.189. The summed E-state index contributed by atoms with van der Waals surface area (Å²) in [5.74, 6) is -0.174. The standard InChI is InChI=1S/C33H35N5O5/c1-42-26-12-8-24(9-13-26)31(25-10-14-27(43-2)15-11-25)33(41)38-28(17-23-7-16-29(34)36-20-23)32(40)37-19-22-5-3-21(4-6-22)18-30(35)39/h3-16,20,28,31H,17-19H2,1-2H3,(H2,34,36)(H2,35,39)(H,37,40)(H,38,41). The van der Waals surface area contributed by atoms with Gasteiger partial charge in [-0.15, -0.1) is 0 Å². The number of nitrogens with one attached hydrogen (secondary N) is 2. The summed E-state index contributed by atoms with van der Waals surface area (Å²) in [6.07, 6.45) is 1.92. The first-order chi connectivity index (χ1) is 20.7. The maximum atomic E-state index is 14.0. The van der Waals surface area contributed by atoms with Gasteiger partial charge in [0.1, 0.15) is 23.4 Å². The van der Waals surface area contributed by atoms with E-state index in [0.717, 1.165) is 27.8 Å². The summed E-state index contributed by atoms with van der Waals surface area (Å²) < 4.78 is 10.6. The van der Waals surface area contributed by atoms with E-state index in [1.165, 1.54) is 0 Å². The number of benzene rings is 3. The Labute approximate surface area is 250 Å². The molecule has 0 saturated heterocycles. The molecule has 0 bridgehead atoms. The highest BCUT2D eigenvalue weighted by Crippen LogP contribution is 2.28. The van der Waals surface area contributed by atoms with Crippen LogP contribution in [0.4, 0.5) is 5.82 Å². The van der Waals surface area contributed by atoms with Gasteiger partial charge in [-0.1, -0.05) is 54.6 Å². The number of methoxy groups -OCH3 is 2. The molecule has 4 aromatic rings. The number of nitrogen functional groups attached to an aromatic ring is 1. The van der Waals surface area contributed by atoms with Crippen LogP contribution in [-0.4, -0.2) is 43.0 Å². The fourth-order valence-electron chi connectivity index (χ4n) is 4.63. The number of primary amides is 1. The first kappa shape index (κ1) is 30.6. The van der Waals surface area contributed by atoms with E-state index < -0.39 is 17.9 Å². The Morgan fingerprint density at radius 3 is 1.77 bits per heavy atom. The second-order valence-electron chi connectivity index (χ2n) is 10.0. The number of aromatic nitrogens is 1. The highest BCUT2D eigenvalue weighted by atomic mass is 16.5. The molecule has 43 heavy (non-hydrogen) atoms. The maximum Gasteiger partial charge on any atom is 0.243 e. The van der Waals surface area contributed by atoms with Crippen LogP contribution in [-0.2, 0) is 33.8 Å². The van der Waals surface area contributed by atoms with Crippen molar-refractivity contribution >= 4 is 23.5 Å². The minimum absolute atomic E-state index is 0.139. The highest BCUT2D eigenvalue weighted by Gasteiger charge is 2.28. The second-order valence-corrected chi connectivity index (χ2v) is 10.0. The van der Waals surface area contributed by atoms with Gasteiger partial charge in [0.2, 0.25) is 17.7 Å². The fourth-order valence-corrected chi connectivity index (χ4v) is 4.63. The molecule has 0 saturated carbocycles. The minimum atomic E-state index is -0.911. The Morgan fingerprint density at radius 2 is 1.28 bits per heavy atom. The predicted octanol–water partition coefficient (Wildman–Crippen LogP) is 2.88. The van der Waals surface area contributed by atoms with Gasteiger partial charge in [0, 0.05) is 19.2 Å². The molecule has 1 unspecified atom stereocenters. The molecule has 222 valence electrons. The third kappa shape index (κ3) is 8.56. The Morgan fingerprint density at radius 1 is 0.744 bits per heavy atom. The van der Waals surface area contributed by atoms with Crippen LogP contribution in [0.3, 0.4) is 0 Å². The number of hydrogen-bond donors (Lipinski definition) is 4. The normalized spacial score (nSPS) is 11.4. The topological polar surface area (TPSA) is 159 Å². The zero-order valence-electron chi connectivity index (χ0n) is 24.1. The molecule has 0 spiro atoms. The molecule has 10 heteroatoms. The molecule has 3 aromatic carbocycles. The lowest BCUT2D eigenvalue weighted by Gasteiger charge is -2.23. The van der Waals surface area contributed by atoms with E-state index in [9.17, 15) is 14.4 Å². The van der Waals surface area contributed by atoms with E-state index >= 15 is 0 Å². The summed E-state index contributed by atoms with van der Waals surface area (Å²) in [6.45, 7) is 0.225. The molecule has 1 heterocycles. The van der Waals surface area contributed by atoms with Crippen molar-refractivity contribution in [2.24, 2.45) is 5.73 Å². The fraction of sp³-hybridized carbons (Fsp3) is 0.212. The van der Waals surface area contributed by atoms with Gasteiger partial charge in [-0.25, -0.2) is 4.98 Å². The number of amides is 3. The molecule has 0 aliphatic carbocycles. The zero-order valence-corrected chi connectivity index (χ0v) is 24.1. The Hall–Kier alpha value is -5.38. The number of rotatable bonds is 13. The average molecular weight is 582 g/mol. The lowest BCUT2D eigenvalue weighted by molar-refractivity contribution is -0.129. The largest absolute Gasteiger partial charge is 0.497 e. The van der Waals surface area contributed by atoms with Crippen LogP contribution in [0, 0.1) is 0 Å². The van der Waals surface area contributed by atoms with Crippen molar-refractivity contribution in [2.45, 2.75) is 31.3 Å². The van der Waals surface area contributed by atoms with Crippen molar-refractivity contribution in [2.75, 3.05) is 20.0 Å². The summed E-state index contributed by atoms with van der Waals surface area (Å²) in [7, 11) is 3.15. The number of anilines is 1. The van der Waals surface area contributed by atoms with Gasteiger partial charge in [0.05, 0.1) is 26.6 Å². The molecule has 0 aliphatic rings. The van der Waals surface area contributed by atoms with Gasteiger partial charge in [0.15, 0.2) is 0 Å². The number of nitrogens with zero attached hydrogens (tertiary/aromatic N) is 1. The summed E-state index contributed by atoms with van der Waals surface area (Å²) in [5.41, 5.74) is 14.8. The number of nitrogens with two attached hydrogens (primary N) is 2. The lowest BCUT2D eigenvalue weighted by atomic mass is 9.89. The van der Waals surface area contributed by atoms with Gasteiger partial charge >= 0.3 is 0 Å². The molecule has 0 aliphatic heterocycles. The first-order valence-corrected chi connectivity index (χ1v) is 13.7. The molecular formula is C33H35N5O5. The number of pyridine rings is 1. The number of carbonyl (C=O) groups is 3. The van der Waals surface area contributed by atoms with Crippen molar-refractivity contribution in [3.05, 3.63) is 119 Å². The first-order valence-electron chi connectivity index (χ1n) is 13.7. The number of carbonyl (C=O) groups excluding carboxylic acids is 3. The van der Waals surface area contributed by atoms with Gasteiger partial charge in [-0.2, -0.15) is 0 Å². The van der Waals surface area contributed by atoms with E-state index in [-0.39, 0.29) is 31.2 Å². The zero-order chi connectivity index (χ0) is 30.8. The van der Waals surface area contributed by atoms with Crippen LogP contribution < -0.4 is 31.6 Å². The maximum absolute atomic E-state index is 14.0. The molecule has 4 rings (SSSR count). The Bertz CT molecular complexity index is 1470. The molecule has 10 nitrogen and oxygen atoms in total. The van der Waals surface area contributed by atoms with E-state index in [0.29, 0.717) is 17.3 Å². The molecule has 3 amide bonds. The predicted molar refractivity (Wildman–Crippen MR) is 163 cm³/mol. The van der Waals surface area contributed by atoms with E-state index in [1.54, 1.807) is 68.9 Å². The van der Waals surface area contributed by atoms with Crippen LogP contribution in [0.15, 0.2) is 91.1 Å². The van der Waals surface area contributed by atoms with Crippen LogP contribution >= 0.6 is 0 Å². The highest BCUT2D eigenvalue weighted by molar-refractivity contribution is 5.92. The SMILES string of the molecule is COc1ccc(C(C(=O)NC(Cc2ccc(N)nc2)C(=O)NCc2ccc(CC(N)=O)cc2)c2ccc(OC)cc2)cc1. The minimum Gasteiger partial charge on any atom is -0.497 e. The molecular weight excluding hydrogens is 546 g/mol. The monoisotopic (exact) mass is 581 g/mol. The van der Waals surface area contributed by atoms with Crippen molar-refractivity contribution < 1.29 is 23.9 Å². The van der Waals surface area contributed by atoms with E-state index in [2.05, 4.69) is 15.6 Å². The molecule has 1 aromatic heterocycles. The smallest absolute Gasteiger partial charge is 0.243 e. The number of ether oxygens (including phenoxy) is 2.